The third kappa shape index (κ3) is 2.66. The summed E-state index contributed by atoms with van der Waals surface area (Å²) in [4.78, 5) is 19.2. The van der Waals surface area contributed by atoms with Crippen LogP contribution in [0.5, 0.6) is 0 Å². The molecule has 7 heteroatoms. The van der Waals surface area contributed by atoms with Crippen LogP contribution >= 0.6 is 0 Å². The molecule has 2 aromatic heterocycles. The van der Waals surface area contributed by atoms with Crippen molar-refractivity contribution in [1.82, 2.24) is 24.6 Å². The molecule has 3 heterocycles. The number of hydrogen-bond acceptors (Lipinski definition) is 5. The van der Waals surface area contributed by atoms with Gasteiger partial charge in [-0.1, -0.05) is 6.07 Å². The summed E-state index contributed by atoms with van der Waals surface area (Å²) in [5.74, 6) is 1.60. The minimum atomic E-state index is -0.135. The van der Waals surface area contributed by atoms with Crippen LogP contribution in [0.1, 0.15) is 35.0 Å². The fourth-order valence-electron chi connectivity index (χ4n) is 3.33. The van der Waals surface area contributed by atoms with E-state index in [1.165, 1.54) is 0 Å². The van der Waals surface area contributed by atoms with E-state index < -0.39 is 0 Å². The summed E-state index contributed by atoms with van der Waals surface area (Å²) >= 11 is 0. The van der Waals surface area contributed by atoms with Crippen molar-refractivity contribution in [2.45, 2.75) is 26.1 Å². The molecule has 1 amide bonds. The molecule has 0 bridgehead atoms. The van der Waals surface area contributed by atoms with Crippen LogP contribution in [0, 0.1) is 0 Å². The number of aromatic nitrogens is 4. The van der Waals surface area contributed by atoms with Crippen LogP contribution in [0.3, 0.4) is 0 Å². The molecule has 1 aliphatic heterocycles. The lowest BCUT2D eigenvalue weighted by Crippen LogP contribution is -2.41. The molecule has 0 spiro atoms. The minimum Gasteiger partial charge on any atom is -0.377 e. The molecule has 3 aromatic rings. The van der Waals surface area contributed by atoms with Gasteiger partial charge in [0, 0.05) is 37.3 Å². The maximum Gasteiger partial charge on any atom is 0.254 e. The highest BCUT2D eigenvalue weighted by Crippen LogP contribution is 2.27. The molecule has 1 atom stereocenters. The Morgan fingerprint density at radius 2 is 2.16 bits per heavy atom. The Morgan fingerprint density at radius 3 is 3.00 bits per heavy atom. The standard InChI is InChI=1S/C18H19N5O2/c1-12-17-21-20-16(11-25-2)23(17)9-8-22(12)18(24)14-5-6-15-13(10-14)4-3-7-19-15/h3-7,10,12H,8-9,11H2,1-2H3/t12-/m1/s1. The van der Waals surface area contributed by atoms with Gasteiger partial charge in [0.1, 0.15) is 6.61 Å². The summed E-state index contributed by atoms with van der Waals surface area (Å²) < 4.78 is 7.21. The number of ether oxygens (including phenoxy) is 1. The fraction of sp³-hybridized carbons (Fsp3) is 0.333. The first-order valence-electron chi connectivity index (χ1n) is 8.25. The van der Waals surface area contributed by atoms with Crippen molar-refractivity contribution in [2.24, 2.45) is 0 Å². The van der Waals surface area contributed by atoms with Gasteiger partial charge in [-0.15, -0.1) is 10.2 Å². The molecule has 0 saturated carbocycles. The minimum absolute atomic E-state index is 0.000736. The molecule has 0 saturated heterocycles. The maximum absolute atomic E-state index is 13.0. The molecular formula is C18H19N5O2. The zero-order chi connectivity index (χ0) is 17.4. The van der Waals surface area contributed by atoms with Gasteiger partial charge < -0.3 is 14.2 Å². The molecule has 0 fully saturated rings. The van der Waals surface area contributed by atoms with Gasteiger partial charge >= 0.3 is 0 Å². The molecule has 0 radical (unpaired) electrons. The molecule has 0 aliphatic carbocycles. The predicted octanol–water partition coefficient (Wildman–Crippen LogP) is 2.19. The molecule has 1 aliphatic rings. The molecule has 1 aromatic carbocycles. The molecule has 4 rings (SSSR count). The second kappa shape index (κ2) is 6.25. The van der Waals surface area contributed by atoms with Gasteiger partial charge in [-0.25, -0.2) is 0 Å². The first-order chi connectivity index (χ1) is 12.2. The van der Waals surface area contributed by atoms with Gasteiger partial charge in [0.2, 0.25) is 0 Å². The molecule has 0 unspecified atom stereocenters. The second-order valence-electron chi connectivity index (χ2n) is 6.14. The van der Waals surface area contributed by atoms with Gasteiger partial charge in [0.25, 0.3) is 5.91 Å². The number of fused-ring (bicyclic) bond motifs is 2. The second-order valence-corrected chi connectivity index (χ2v) is 6.14. The van der Waals surface area contributed by atoms with E-state index in [2.05, 4.69) is 15.2 Å². The number of nitrogens with zero attached hydrogens (tertiary/aromatic N) is 5. The average Bonchev–Trinajstić information content (AvgIpc) is 3.05. The quantitative estimate of drug-likeness (QED) is 0.732. The van der Waals surface area contributed by atoms with Gasteiger partial charge in [-0.3, -0.25) is 9.78 Å². The highest BCUT2D eigenvalue weighted by molar-refractivity contribution is 5.98. The third-order valence-electron chi connectivity index (χ3n) is 4.65. The third-order valence-corrected chi connectivity index (χ3v) is 4.65. The molecule has 128 valence electrons. The van der Waals surface area contributed by atoms with Crippen molar-refractivity contribution in [3.63, 3.8) is 0 Å². The van der Waals surface area contributed by atoms with Crippen LogP contribution in [0.25, 0.3) is 10.9 Å². The topological polar surface area (TPSA) is 73.1 Å². The molecule has 7 nitrogen and oxygen atoms in total. The summed E-state index contributed by atoms with van der Waals surface area (Å²) in [6.07, 6.45) is 1.75. The van der Waals surface area contributed by atoms with E-state index >= 15 is 0 Å². The number of amides is 1. The fourth-order valence-corrected chi connectivity index (χ4v) is 3.33. The SMILES string of the molecule is COCc1nnc2n1CCN(C(=O)c1ccc3ncccc3c1)[C@@H]2C. The molecule has 0 N–H and O–H groups in total. The predicted molar refractivity (Wildman–Crippen MR) is 91.9 cm³/mol. The van der Waals surface area contributed by atoms with Crippen molar-refractivity contribution in [3.8, 4) is 0 Å². The zero-order valence-electron chi connectivity index (χ0n) is 14.2. The van der Waals surface area contributed by atoms with Crippen LogP contribution in [0.2, 0.25) is 0 Å². The summed E-state index contributed by atoms with van der Waals surface area (Å²) in [5.41, 5.74) is 1.55. The first kappa shape index (κ1) is 15.7. The van der Waals surface area contributed by atoms with Crippen LogP contribution in [0.15, 0.2) is 36.5 Å². The normalized spacial score (nSPS) is 16.9. The first-order valence-corrected chi connectivity index (χ1v) is 8.25. The van der Waals surface area contributed by atoms with Gasteiger partial charge in [-0.2, -0.15) is 0 Å². The molecular weight excluding hydrogens is 318 g/mol. The van der Waals surface area contributed by atoms with Crippen molar-refractivity contribution in [2.75, 3.05) is 13.7 Å². The van der Waals surface area contributed by atoms with E-state index in [1.807, 2.05) is 46.7 Å². The van der Waals surface area contributed by atoms with Crippen molar-refractivity contribution < 1.29 is 9.53 Å². The maximum atomic E-state index is 13.0. The Morgan fingerprint density at radius 1 is 1.28 bits per heavy atom. The Labute approximate surface area is 145 Å². The Hall–Kier alpha value is -2.80. The average molecular weight is 337 g/mol. The van der Waals surface area contributed by atoms with Gasteiger partial charge in [0.15, 0.2) is 11.6 Å². The number of pyridine rings is 1. The molecule has 25 heavy (non-hydrogen) atoms. The van der Waals surface area contributed by atoms with E-state index in [-0.39, 0.29) is 11.9 Å². The van der Waals surface area contributed by atoms with E-state index in [1.54, 1.807) is 13.3 Å². The van der Waals surface area contributed by atoms with E-state index in [0.29, 0.717) is 25.3 Å². The van der Waals surface area contributed by atoms with Crippen molar-refractivity contribution >= 4 is 16.8 Å². The highest BCUT2D eigenvalue weighted by atomic mass is 16.5. The number of carbonyl (C=O) groups excluding carboxylic acids is 1. The van der Waals surface area contributed by atoms with Crippen LogP contribution < -0.4 is 0 Å². The van der Waals surface area contributed by atoms with Crippen LogP contribution in [-0.4, -0.2) is 44.2 Å². The van der Waals surface area contributed by atoms with E-state index in [9.17, 15) is 4.79 Å². The van der Waals surface area contributed by atoms with E-state index in [4.69, 9.17) is 4.74 Å². The number of methoxy groups -OCH3 is 1. The zero-order valence-corrected chi connectivity index (χ0v) is 14.2. The monoisotopic (exact) mass is 337 g/mol. The smallest absolute Gasteiger partial charge is 0.254 e. The number of carbonyl (C=O) groups is 1. The van der Waals surface area contributed by atoms with Gasteiger partial charge in [0.05, 0.1) is 11.6 Å². The number of benzene rings is 1. The summed E-state index contributed by atoms with van der Waals surface area (Å²) in [6, 6.07) is 9.32. The Balaban J connectivity index is 1.63. The van der Waals surface area contributed by atoms with Crippen LogP contribution in [-0.2, 0) is 17.9 Å². The number of hydrogen-bond donors (Lipinski definition) is 0. The summed E-state index contributed by atoms with van der Waals surface area (Å²) in [6.45, 7) is 3.70. The summed E-state index contributed by atoms with van der Waals surface area (Å²) in [7, 11) is 1.64. The van der Waals surface area contributed by atoms with E-state index in [0.717, 1.165) is 22.6 Å². The lowest BCUT2D eigenvalue weighted by molar-refractivity contribution is 0.0632. The van der Waals surface area contributed by atoms with Gasteiger partial charge in [-0.05, 0) is 31.2 Å². The lowest BCUT2D eigenvalue weighted by Gasteiger charge is -2.33. The summed E-state index contributed by atoms with van der Waals surface area (Å²) in [5, 5.41) is 9.41. The highest BCUT2D eigenvalue weighted by Gasteiger charge is 2.31. The number of rotatable bonds is 3. The van der Waals surface area contributed by atoms with Crippen molar-refractivity contribution in [3.05, 3.63) is 53.7 Å². The Kier molecular flexibility index (Phi) is 3.93. The largest absolute Gasteiger partial charge is 0.377 e. The van der Waals surface area contributed by atoms with Crippen LogP contribution in [0.4, 0.5) is 0 Å². The lowest BCUT2D eigenvalue weighted by atomic mass is 10.1. The Bertz CT molecular complexity index is 936. The van der Waals surface area contributed by atoms with Crippen molar-refractivity contribution in [1.29, 1.82) is 0 Å².